The second kappa shape index (κ2) is 8.03. The topological polar surface area (TPSA) is 123 Å². The molecule has 1 aliphatic rings. The molecule has 2 heterocycles. The molecule has 0 bridgehead atoms. The number of sulfonamides is 1. The van der Waals surface area contributed by atoms with E-state index in [-0.39, 0.29) is 29.8 Å². The molecule has 0 radical (unpaired) electrons. The summed E-state index contributed by atoms with van der Waals surface area (Å²) in [7, 11) is -4.00. The lowest BCUT2D eigenvalue weighted by Crippen LogP contribution is -2.41. The van der Waals surface area contributed by atoms with Crippen molar-refractivity contribution < 1.29 is 18.1 Å². The van der Waals surface area contributed by atoms with Gasteiger partial charge in [-0.15, -0.1) is 0 Å². The summed E-state index contributed by atoms with van der Waals surface area (Å²) in [6, 6.07) is 8.85. The Morgan fingerprint density at radius 2 is 1.93 bits per heavy atom. The van der Waals surface area contributed by atoms with Crippen molar-refractivity contribution >= 4 is 27.4 Å². The number of pyridine rings is 1. The molecule has 0 atom stereocenters. The van der Waals surface area contributed by atoms with Crippen LogP contribution < -0.4 is 5.32 Å². The third-order valence-corrected chi connectivity index (χ3v) is 6.62. The second-order valence-electron chi connectivity index (χ2n) is 6.61. The second-order valence-corrected chi connectivity index (χ2v) is 8.52. The number of nitrogens with zero attached hydrogens (tertiary/aromatic N) is 3. The van der Waals surface area contributed by atoms with Gasteiger partial charge in [0.15, 0.2) is 4.90 Å². The third kappa shape index (κ3) is 4.18. The molecule has 0 spiro atoms. The van der Waals surface area contributed by atoms with Crippen molar-refractivity contribution in [2.75, 3.05) is 18.4 Å². The molecule has 0 aliphatic carbocycles. The SMILES string of the molecule is Cc1ccnc(NC(=O)C2CCN(S(=O)(=O)c3ccccc3[N+](=O)[O-])CC2)c1. The minimum Gasteiger partial charge on any atom is -0.310 e. The number of aromatic nitrogens is 1. The average Bonchev–Trinajstić information content (AvgIpc) is 2.68. The van der Waals surface area contributed by atoms with Crippen LogP contribution in [-0.4, -0.2) is 41.6 Å². The number of hydrogen-bond acceptors (Lipinski definition) is 6. The molecular weight excluding hydrogens is 384 g/mol. The Labute approximate surface area is 162 Å². The van der Waals surface area contributed by atoms with Gasteiger partial charge in [-0.2, -0.15) is 4.31 Å². The maximum Gasteiger partial charge on any atom is 0.289 e. The number of carbonyl (C=O) groups is 1. The molecule has 3 rings (SSSR count). The van der Waals surface area contributed by atoms with E-state index < -0.39 is 20.6 Å². The molecule has 1 fully saturated rings. The number of nitrogens with one attached hydrogen (secondary N) is 1. The first-order valence-electron chi connectivity index (χ1n) is 8.76. The van der Waals surface area contributed by atoms with Crippen molar-refractivity contribution in [3.05, 3.63) is 58.3 Å². The highest BCUT2D eigenvalue weighted by Gasteiger charge is 2.35. The molecule has 10 heteroatoms. The first kappa shape index (κ1) is 19.9. The summed E-state index contributed by atoms with van der Waals surface area (Å²) in [5, 5.41) is 13.9. The van der Waals surface area contributed by atoms with Gasteiger partial charge in [-0.3, -0.25) is 14.9 Å². The van der Waals surface area contributed by atoms with E-state index >= 15 is 0 Å². The molecule has 2 aromatic rings. The van der Waals surface area contributed by atoms with Crippen LogP contribution in [0.2, 0.25) is 0 Å². The number of aryl methyl sites for hydroxylation is 1. The van der Waals surface area contributed by atoms with Crippen LogP contribution in [0.5, 0.6) is 0 Å². The van der Waals surface area contributed by atoms with E-state index in [1.807, 2.05) is 13.0 Å². The van der Waals surface area contributed by atoms with Gasteiger partial charge in [0, 0.05) is 31.3 Å². The predicted octanol–water partition coefficient (Wildman–Crippen LogP) is 2.34. The van der Waals surface area contributed by atoms with Gasteiger partial charge in [-0.1, -0.05) is 12.1 Å². The molecule has 0 saturated carbocycles. The molecule has 1 N–H and O–H groups in total. The summed E-state index contributed by atoms with van der Waals surface area (Å²) in [6.45, 7) is 2.13. The van der Waals surface area contributed by atoms with Gasteiger partial charge in [-0.25, -0.2) is 13.4 Å². The third-order valence-electron chi connectivity index (χ3n) is 4.67. The van der Waals surface area contributed by atoms with Gasteiger partial charge in [0.1, 0.15) is 5.82 Å². The standard InChI is InChI=1S/C18H20N4O5S/c1-13-6-9-19-17(12-13)20-18(23)14-7-10-21(11-8-14)28(26,27)16-5-3-2-4-15(16)22(24)25/h2-6,9,12,14H,7-8,10-11H2,1H3,(H,19,20,23). The van der Waals surface area contributed by atoms with Crippen LogP contribution in [0.25, 0.3) is 0 Å². The van der Waals surface area contributed by atoms with Gasteiger partial charge < -0.3 is 5.32 Å². The lowest BCUT2D eigenvalue weighted by molar-refractivity contribution is -0.387. The number of amides is 1. The van der Waals surface area contributed by atoms with Crippen LogP contribution >= 0.6 is 0 Å². The summed E-state index contributed by atoms with van der Waals surface area (Å²) in [4.78, 5) is 26.7. The lowest BCUT2D eigenvalue weighted by Gasteiger charge is -2.30. The Kier molecular flexibility index (Phi) is 5.71. The molecular formula is C18H20N4O5S. The van der Waals surface area contributed by atoms with Crippen LogP contribution in [0, 0.1) is 23.0 Å². The highest BCUT2D eigenvalue weighted by molar-refractivity contribution is 7.89. The van der Waals surface area contributed by atoms with Gasteiger partial charge in [0.05, 0.1) is 4.92 Å². The van der Waals surface area contributed by atoms with Crippen molar-refractivity contribution in [1.82, 2.24) is 9.29 Å². The molecule has 1 amide bonds. The van der Waals surface area contributed by atoms with Gasteiger partial charge in [0.2, 0.25) is 15.9 Å². The number of para-hydroxylation sites is 1. The maximum absolute atomic E-state index is 12.8. The highest BCUT2D eigenvalue weighted by Crippen LogP contribution is 2.29. The van der Waals surface area contributed by atoms with E-state index in [0.29, 0.717) is 18.7 Å². The van der Waals surface area contributed by atoms with Crippen LogP contribution in [0.15, 0.2) is 47.5 Å². The number of piperidine rings is 1. The van der Waals surface area contributed by atoms with Crippen molar-refractivity contribution in [2.45, 2.75) is 24.7 Å². The van der Waals surface area contributed by atoms with E-state index in [4.69, 9.17) is 0 Å². The summed E-state index contributed by atoms with van der Waals surface area (Å²) in [6.07, 6.45) is 2.27. The minimum absolute atomic E-state index is 0.119. The number of nitro groups is 1. The molecule has 1 saturated heterocycles. The fourth-order valence-electron chi connectivity index (χ4n) is 3.16. The Hall–Kier alpha value is -2.85. The number of carbonyl (C=O) groups excluding carboxylic acids is 1. The number of hydrogen-bond donors (Lipinski definition) is 1. The number of benzene rings is 1. The summed E-state index contributed by atoms with van der Waals surface area (Å²) in [5.74, 6) is -0.0969. The van der Waals surface area contributed by atoms with E-state index in [2.05, 4.69) is 10.3 Å². The minimum atomic E-state index is -4.00. The molecule has 1 aliphatic heterocycles. The first-order valence-corrected chi connectivity index (χ1v) is 10.2. The quantitative estimate of drug-likeness (QED) is 0.603. The van der Waals surface area contributed by atoms with Gasteiger partial charge in [-0.05, 0) is 43.5 Å². The zero-order valence-corrected chi connectivity index (χ0v) is 16.1. The number of nitro benzene ring substituents is 1. The molecule has 1 aromatic carbocycles. The summed E-state index contributed by atoms with van der Waals surface area (Å²) >= 11 is 0. The van der Waals surface area contributed by atoms with Crippen molar-refractivity contribution in [3.8, 4) is 0 Å². The lowest BCUT2D eigenvalue weighted by atomic mass is 9.97. The van der Waals surface area contributed by atoms with E-state index in [1.54, 1.807) is 12.3 Å². The fourth-order valence-corrected chi connectivity index (χ4v) is 4.78. The van der Waals surface area contributed by atoms with Gasteiger partial charge >= 0.3 is 0 Å². The number of anilines is 1. The predicted molar refractivity (Wildman–Crippen MR) is 102 cm³/mol. The van der Waals surface area contributed by atoms with Crippen LogP contribution in [-0.2, 0) is 14.8 Å². The van der Waals surface area contributed by atoms with Gasteiger partial charge in [0.25, 0.3) is 5.69 Å². The number of rotatable bonds is 5. The van der Waals surface area contributed by atoms with E-state index in [9.17, 15) is 23.3 Å². The molecule has 148 valence electrons. The Morgan fingerprint density at radius 3 is 2.57 bits per heavy atom. The highest BCUT2D eigenvalue weighted by atomic mass is 32.2. The normalized spacial score (nSPS) is 15.9. The smallest absolute Gasteiger partial charge is 0.289 e. The molecule has 28 heavy (non-hydrogen) atoms. The summed E-state index contributed by atoms with van der Waals surface area (Å²) in [5.41, 5.74) is 0.517. The largest absolute Gasteiger partial charge is 0.310 e. The average molecular weight is 404 g/mol. The van der Waals surface area contributed by atoms with Crippen molar-refractivity contribution in [3.63, 3.8) is 0 Å². The maximum atomic E-state index is 12.8. The Bertz CT molecular complexity index is 1000. The van der Waals surface area contributed by atoms with Crippen LogP contribution in [0.4, 0.5) is 11.5 Å². The molecule has 1 aromatic heterocycles. The monoisotopic (exact) mass is 404 g/mol. The van der Waals surface area contributed by atoms with E-state index in [1.165, 1.54) is 28.6 Å². The zero-order valence-electron chi connectivity index (χ0n) is 15.2. The zero-order chi connectivity index (χ0) is 20.3. The molecule has 9 nitrogen and oxygen atoms in total. The van der Waals surface area contributed by atoms with Crippen LogP contribution in [0.1, 0.15) is 18.4 Å². The first-order chi connectivity index (χ1) is 13.3. The van der Waals surface area contributed by atoms with Crippen molar-refractivity contribution in [1.29, 1.82) is 0 Å². The van der Waals surface area contributed by atoms with Crippen LogP contribution in [0.3, 0.4) is 0 Å². The Morgan fingerprint density at radius 1 is 1.25 bits per heavy atom. The molecule has 0 unspecified atom stereocenters. The summed E-state index contributed by atoms with van der Waals surface area (Å²) < 4.78 is 26.9. The van der Waals surface area contributed by atoms with Crippen molar-refractivity contribution in [2.24, 2.45) is 5.92 Å². The fraction of sp³-hybridized carbons (Fsp3) is 0.333. The van der Waals surface area contributed by atoms with E-state index in [0.717, 1.165) is 5.56 Å². The Balaban J connectivity index is 1.68.